The van der Waals surface area contributed by atoms with Gasteiger partial charge in [0, 0.05) is 6.21 Å². The monoisotopic (exact) mass is 311 g/mol. The summed E-state index contributed by atoms with van der Waals surface area (Å²) in [6.07, 6.45) is 2.67. The lowest BCUT2D eigenvalue weighted by Gasteiger charge is -2.08. The lowest BCUT2D eigenvalue weighted by molar-refractivity contribution is 0.0600. The molecule has 0 aromatic heterocycles. The van der Waals surface area contributed by atoms with Crippen LogP contribution < -0.4 is 4.74 Å². The van der Waals surface area contributed by atoms with E-state index in [4.69, 9.17) is 4.74 Å². The average molecular weight is 311 g/mol. The summed E-state index contributed by atoms with van der Waals surface area (Å²) in [4.78, 5) is 15.9. The molecule has 2 aromatic rings. The molecule has 0 bridgehead atoms. The van der Waals surface area contributed by atoms with Crippen molar-refractivity contribution in [2.45, 2.75) is 19.4 Å². The van der Waals surface area contributed by atoms with Crippen LogP contribution in [0, 0.1) is 0 Å². The van der Waals surface area contributed by atoms with Crippen molar-refractivity contribution in [2.75, 3.05) is 14.2 Å². The second-order valence-corrected chi connectivity index (χ2v) is 5.30. The number of carbonyl (C=O) groups excluding carboxylic acids is 1. The summed E-state index contributed by atoms with van der Waals surface area (Å²) in [5.41, 5.74) is 2.68. The van der Waals surface area contributed by atoms with Crippen LogP contribution in [0.3, 0.4) is 0 Å². The molecule has 2 rings (SSSR count). The van der Waals surface area contributed by atoms with E-state index in [1.165, 1.54) is 12.7 Å². The van der Waals surface area contributed by atoms with Crippen molar-refractivity contribution in [2.24, 2.45) is 4.99 Å². The second kappa shape index (κ2) is 8.13. The number of methoxy groups -OCH3 is 2. The molecule has 120 valence electrons. The first-order valence-corrected chi connectivity index (χ1v) is 7.47. The Morgan fingerprint density at radius 3 is 2.57 bits per heavy atom. The van der Waals surface area contributed by atoms with E-state index in [1.54, 1.807) is 19.2 Å². The van der Waals surface area contributed by atoms with Gasteiger partial charge in [0.15, 0.2) is 0 Å². The van der Waals surface area contributed by atoms with Crippen LogP contribution in [0.2, 0.25) is 0 Å². The molecule has 0 aliphatic carbocycles. The molecule has 0 saturated heterocycles. The Kier molecular flexibility index (Phi) is 5.92. The summed E-state index contributed by atoms with van der Waals surface area (Å²) in [7, 11) is 3.04. The number of carbonyl (C=O) groups is 1. The fourth-order valence-corrected chi connectivity index (χ4v) is 2.23. The maximum atomic E-state index is 11.4. The molecule has 0 aliphatic rings. The third-order valence-corrected chi connectivity index (χ3v) is 3.48. The van der Waals surface area contributed by atoms with Gasteiger partial charge >= 0.3 is 5.97 Å². The molecule has 0 saturated carbocycles. The molecule has 4 nitrogen and oxygen atoms in total. The van der Waals surface area contributed by atoms with Crippen LogP contribution in [0.5, 0.6) is 5.75 Å². The Morgan fingerprint density at radius 1 is 1.17 bits per heavy atom. The van der Waals surface area contributed by atoms with Crippen LogP contribution in [-0.2, 0) is 11.2 Å². The van der Waals surface area contributed by atoms with Crippen molar-refractivity contribution in [3.05, 3.63) is 65.2 Å². The molecule has 0 fully saturated rings. The molecule has 4 heteroatoms. The second-order valence-electron chi connectivity index (χ2n) is 5.30. The molecule has 0 spiro atoms. The molecule has 23 heavy (non-hydrogen) atoms. The number of benzene rings is 2. The highest BCUT2D eigenvalue weighted by Crippen LogP contribution is 2.15. The summed E-state index contributed by atoms with van der Waals surface area (Å²) < 4.78 is 9.91. The van der Waals surface area contributed by atoms with E-state index in [9.17, 15) is 4.79 Å². The zero-order chi connectivity index (χ0) is 16.7. The van der Waals surface area contributed by atoms with Gasteiger partial charge in [-0.25, -0.2) is 4.79 Å². The van der Waals surface area contributed by atoms with Crippen molar-refractivity contribution in [1.29, 1.82) is 0 Å². The topological polar surface area (TPSA) is 47.9 Å². The van der Waals surface area contributed by atoms with Gasteiger partial charge in [-0.3, -0.25) is 4.99 Å². The number of ether oxygens (including phenoxy) is 2. The standard InChI is InChI=1S/C19H21NO3/c1-14(11-16-5-4-6-18(12-16)22-2)20-13-15-7-9-17(10-8-15)19(21)23-3/h4-10,12-14H,11H2,1-3H3/t14-/m0/s1. The lowest BCUT2D eigenvalue weighted by atomic mass is 10.1. The Morgan fingerprint density at radius 2 is 1.91 bits per heavy atom. The van der Waals surface area contributed by atoms with Crippen LogP contribution in [0.15, 0.2) is 53.5 Å². The van der Waals surface area contributed by atoms with Gasteiger partial charge in [0.05, 0.1) is 25.8 Å². The number of rotatable bonds is 6. The molecule has 0 unspecified atom stereocenters. The molecular formula is C19H21NO3. The van der Waals surface area contributed by atoms with E-state index >= 15 is 0 Å². The van der Waals surface area contributed by atoms with Gasteiger partial charge in [-0.05, 0) is 48.7 Å². The molecule has 0 radical (unpaired) electrons. The highest BCUT2D eigenvalue weighted by atomic mass is 16.5. The molecular weight excluding hydrogens is 290 g/mol. The molecule has 0 amide bonds. The molecule has 0 N–H and O–H groups in total. The van der Waals surface area contributed by atoms with Gasteiger partial charge in [-0.15, -0.1) is 0 Å². The Labute approximate surface area is 136 Å². The van der Waals surface area contributed by atoms with E-state index in [1.807, 2.05) is 36.5 Å². The van der Waals surface area contributed by atoms with Gasteiger partial charge in [0.2, 0.25) is 0 Å². The van der Waals surface area contributed by atoms with Crippen molar-refractivity contribution in [3.8, 4) is 5.75 Å². The maximum absolute atomic E-state index is 11.4. The summed E-state index contributed by atoms with van der Waals surface area (Å²) in [6.45, 7) is 2.07. The van der Waals surface area contributed by atoms with Gasteiger partial charge in [0.1, 0.15) is 5.75 Å². The van der Waals surface area contributed by atoms with E-state index in [0.717, 1.165) is 17.7 Å². The quantitative estimate of drug-likeness (QED) is 0.605. The largest absolute Gasteiger partial charge is 0.497 e. The zero-order valence-electron chi connectivity index (χ0n) is 13.7. The number of nitrogens with zero attached hydrogens (tertiary/aromatic N) is 1. The fraction of sp³-hybridized carbons (Fsp3) is 0.263. The van der Waals surface area contributed by atoms with Crippen LogP contribution in [-0.4, -0.2) is 32.4 Å². The lowest BCUT2D eigenvalue weighted by Crippen LogP contribution is -2.04. The summed E-state index contributed by atoms with van der Waals surface area (Å²) in [5, 5.41) is 0. The smallest absolute Gasteiger partial charge is 0.337 e. The first-order valence-electron chi connectivity index (χ1n) is 7.47. The predicted molar refractivity (Wildman–Crippen MR) is 91.5 cm³/mol. The zero-order valence-corrected chi connectivity index (χ0v) is 13.7. The normalized spacial score (nSPS) is 12.1. The number of esters is 1. The minimum Gasteiger partial charge on any atom is -0.497 e. The molecule has 2 aromatic carbocycles. The van der Waals surface area contributed by atoms with Crippen LogP contribution >= 0.6 is 0 Å². The highest BCUT2D eigenvalue weighted by molar-refractivity contribution is 5.90. The van der Waals surface area contributed by atoms with Crippen LogP contribution in [0.1, 0.15) is 28.4 Å². The minimum atomic E-state index is -0.333. The Balaban J connectivity index is 1.97. The van der Waals surface area contributed by atoms with E-state index in [-0.39, 0.29) is 12.0 Å². The number of hydrogen-bond acceptors (Lipinski definition) is 4. The van der Waals surface area contributed by atoms with E-state index in [2.05, 4.69) is 22.7 Å². The highest BCUT2D eigenvalue weighted by Gasteiger charge is 2.04. The molecule has 1 atom stereocenters. The minimum absolute atomic E-state index is 0.155. The van der Waals surface area contributed by atoms with Crippen molar-refractivity contribution < 1.29 is 14.3 Å². The molecule has 0 aliphatic heterocycles. The van der Waals surface area contributed by atoms with Crippen LogP contribution in [0.4, 0.5) is 0 Å². The van der Waals surface area contributed by atoms with Gasteiger partial charge in [0.25, 0.3) is 0 Å². The van der Waals surface area contributed by atoms with Crippen molar-refractivity contribution in [3.63, 3.8) is 0 Å². The van der Waals surface area contributed by atoms with E-state index < -0.39 is 0 Å². The van der Waals surface area contributed by atoms with Crippen molar-refractivity contribution in [1.82, 2.24) is 0 Å². The fourth-order valence-electron chi connectivity index (χ4n) is 2.23. The number of hydrogen-bond donors (Lipinski definition) is 0. The summed E-state index contributed by atoms with van der Waals surface area (Å²) in [5.74, 6) is 0.525. The third kappa shape index (κ3) is 4.95. The maximum Gasteiger partial charge on any atom is 0.337 e. The summed E-state index contributed by atoms with van der Waals surface area (Å²) >= 11 is 0. The van der Waals surface area contributed by atoms with Gasteiger partial charge < -0.3 is 9.47 Å². The predicted octanol–water partition coefficient (Wildman–Crippen LogP) is 3.53. The van der Waals surface area contributed by atoms with Crippen molar-refractivity contribution >= 4 is 12.2 Å². The Bertz CT molecular complexity index is 677. The molecule has 0 heterocycles. The van der Waals surface area contributed by atoms with Gasteiger partial charge in [-0.1, -0.05) is 24.3 Å². The summed E-state index contributed by atoms with van der Waals surface area (Å²) in [6, 6.07) is 15.3. The first kappa shape index (κ1) is 16.7. The average Bonchev–Trinajstić information content (AvgIpc) is 2.60. The Hall–Kier alpha value is -2.62. The SMILES string of the molecule is COC(=O)c1ccc(C=N[C@@H](C)Cc2cccc(OC)c2)cc1. The van der Waals surface area contributed by atoms with Crippen LogP contribution in [0.25, 0.3) is 0 Å². The van der Waals surface area contributed by atoms with Gasteiger partial charge in [-0.2, -0.15) is 0 Å². The number of aliphatic imine (C=N–C) groups is 1. The first-order chi connectivity index (χ1) is 11.1. The third-order valence-electron chi connectivity index (χ3n) is 3.48. The van der Waals surface area contributed by atoms with E-state index in [0.29, 0.717) is 5.56 Å².